The summed E-state index contributed by atoms with van der Waals surface area (Å²) < 4.78 is 19.9. The van der Waals surface area contributed by atoms with Crippen molar-refractivity contribution in [1.82, 2.24) is 0 Å². The molecule has 0 aromatic carbocycles. The third kappa shape index (κ3) is 30.0. The molecule has 0 fully saturated rings. The summed E-state index contributed by atoms with van der Waals surface area (Å²) in [5.74, 6) is 0. The number of ether oxygens (including phenoxy) is 1. The molecule has 0 aromatic rings. The Morgan fingerprint density at radius 2 is 1.10 bits per heavy atom. The third-order valence-corrected chi connectivity index (χ3v) is 4.86. The van der Waals surface area contributed by atoms with Crippen LogP contribution in [0.1, 0.15) is 117 Å². The van der Waals surface area contributed by atoms with Gasteiger partial charge in [-0.1, -0.05) is 97.3 Å². The van der Waals surface area contributed by atoms with Crippen molar-refractivity contribution in [2.75, 3.05) is 6.61 Å². The summed E-state index contributed by atoms with van der Waals surface area (Å²) in [6.45, 7) is 4.74. The van der Waals surface area contributed by atoms with Crippen LogP contribution in [0.3, 0.4) is 0 Å². The predicted octanol–water partition coefficient (Wildman–Crippen LogP) is -0.605. The normalized spacial score (nSPS) is 12.3. The van der Waals surface area contributed by atoms with Crippen LogP contribution < -0.4 is 68.9 Å². The molecule has 0 heterocycles. The maximum Gasteiger partial charge on any atom is 1.00 e. The molecule has 0 aromatic heterocycles. The van der Waals surface area contributed by atoms with E-state index in [4.69, 9.17) is 4.74 Å². The van der Waals surface area contributed by atoms with Crippen LogP contribution in [0, 0.1) is 0 Å². The molecule has 0 saturated carbocycles. The molecule has 0 aliphatic rings. The Labute approximate surface area is 223 Å². The van der Waals surface area contributed by atoms with Gasteiger partial charge in [0.2, 0.25) is 0 Å². The molecular formula is C20H41Na2O6P. The van der Waals surface area contributed by atoms with Crippen LogP contribution in [-0.2, 0) is 18.9 Å². The van der Waals surface area contributed by atoms with E-state index in [0.29, 0.717) is 13.0 Å². The molecule has 0 aliphatic heterocycles. The van der Waals surface area contributed by atoms with Crippen molar-refractivity contribution in [1.29, 1.82) is 0 Å². The van der Waals surface area contributed by atoms with Crippen LogP contribution >= 0.6 is 7.82 Å². The molecule has 6 nitrogen and oxygen atoms in total. The average Bonchev–Trinajstić information content (AvgIpc) is 2.62. The topological polar surface area (TPSA) is 90.9 Å². The smallest absolute Gasteiger partial charge is 0.788 e. The molecule has 9 heteroatoms. The molecule has 1 atom stereocenters. The van der Waals surface area contributed by atoms with E-state index >= 15 is 0 Å². The molecule has 0 radical (unpaired) electrons. The molecule has 0 aliphatic carbocycles. The zero-order valence-corrected chi connectivity index (χ0v) is 24.4. The van der Waals surface area contributed by atoms with E-state index < -0.39 is 14.1 Å². The van der Waals surface area contributed by atoms with Gasteiger partial charge in [0.25, 0.3) is 0 Å². The SMILES string of the molecule is CCCCCCCCCCCCCCCC(OCCCC)OOP(=O)([O-])[O-].[Na+].[Na+]. The fraction of sp³-hybridized carbons (Fsp3) is 1.00. The molecule has 0 spiro atoms. The Morgan fingerprint density at radius 3 is 1.52 bits per heavy atom. The van der Waals surface area contributed by atoms with Gasteiger partial charge < -0.3 is 19.1 Å². The second-order valence-electron chi connectivity index (χ2n) is 7.30. The second kappa shape index (κ2) is 26.3. The van der Waals surface area contributed by atoms with E-state index in [9.17, 15) is 14.4 Å². The first-order valence-electron chi connectivity index (χ1n) is 11.0. The number of hydrogen-bond donors (Lipinski definition) is 0. The van der Waals surface area contributed by atoms with Crippen LogP contribution in [0.2, 0.25) is 0 Å². The van der Waals surface area contributed by atoms with E-state index in [0.717, 1.165) is 32.1 Å². The van der Waals surface area contributed by atoms with E-state index in [1.807, 2.05) is 6.92 Å². The Kier molecular flexibility index (Phi) is 32.3. The quantitative estimate of drug-likeness (QED) is 0.0574. The Balaban J connectivity index is -0.00000338. The second-order valence-corrected chi connectivity index (χ2v) is 8.35. The summed E-state index contributed by atoms with van der Waals surface area (Å²) in [4.78, 5) is 25.7. The standard InChI is InChI=1S/C20H43O6P.2Na/c1-3-5-7-8-9-10-11-12-13-14-15-16-17-18-20(24-19-6-4-2)25-26-27(21,22)23;;/h20H,3-19H2,1-2H3,(H2,21,22,23);;/q;2*+1/p-2. The van der Waals surface area contributed by atoms with E-state index in [-0.39, 0.29) is 59.1 Å². The van der Waals surface area contributed by atoms with Crippen LogP contribution in [0.5, 0.6) is 0 Å². The molecular weight excluding hydrogens is 413 g/mol. The molecule has 0 saturated heterocycles. The van der Waals surface area contributed by atoms with Gasteiger partial charge in [-0.2, -0.15) is 0 Å². The first kappa shape index (κ1) is 35.6. The van der Waals surface area contributed by atoms with Crippen molar-refractivity contribution in [3.63, 3.8) is 0 Å². The zero-order chi connectivity index (χ0) is 20.2. The zero-order valence-electron chi connectivity index (χ0n) is 19.5. The molecule has 1 unspecified atom stereocenters. The fourth-order valence-corrected chi connectivity index (χ4v) is 3.15. The Morgan fingerprint density at radius 1 is 0.690 bits per heavy atom. The van der Waals surface area contributed by atoms with Crippen LogP contribution in [0.25, 0.3) is 0 Å². The van der Waals surface area contributed by atoms with Gasteiger partial charge in [0.1, 0.15) is 7.82 Å². The van der Waals surface area contributed by atoms with Crippen molar-refractivity contribution >= 4 is 7.82 Å². The summed E-state index contributed by atoms with van der Waals surface area (Å²) in [7, 11) is -5.13. The third-order valence-electron chi connectivity index (χ3n) is 4.59. The number of hydrogen-bond acceptors (Lipinski definition) is 6. The van der Waals surface area contributed by atoms with Gasteiger partial charge in [-0.25, -0.2) is 9.56 Å². The largest absolute Gasteiger partial charge is 1.00 e. The van der Waals surface area contributed by atoms with Gasteiger partial charge in [-0.15, -0.1) is 0 Å². The first-order chi connectivity index (χ1) is 13.0. The monoisotopic (exact) mass is 454 g/mol. The Bertz CT molecular complexity index is 358. The first-order valence-corrected chi connectivity index (χ1v) is 12.4. The van der Waals surface area contributed by atoms with Gasteiger partial charge >= 0.3 is 59.1 Å². The van der Waals surface area contributed by atoms with Crippen molar-refractivity contribution in [2.45, 2.75) is 123 Å². The Hall–Kier alpha value is 2.03. The minimum Gasteiger partial charge on any atom is -0.788 e. The van der Waals surface area contributed by atoms with Crippen LogP contribution in [0.4, 0.5) is 0 Å². The minimum atomic E-state index is -5.13. The van der Waals surface area contributed by atoms with Crippen molar-refractivity contribution in [3.8, 4) is 0 Å². The van der Waals surface area contributed by atoms with E-state index in [1.165, 1.54) is 64.2 Å². The number of rotatable bonds is 21. The van der Waals surface area contributed by atoms with Gasteiger partial charge in [0.05, 0.1) is 0 Å². The van der Waals surface area contributed by atoms with Gasteiger partial charge in [0.15, 0.2) is 6.29 Å². The molecule has 0 N–H and O–H groups in total. The fourth-order valence-electron chi connectivity index (χ4n) is 2.95. The van der Waals surface area contributed by atoms with E-state index in [2.05, 4.69) is 16.5 Å². The van der Waals surface area contributed by atoms with Crippen molar-refractivity contribution < 1.29 is 87.8 Å². The predicted molar refractivity (Wildman–Crippen MR) is 105 cm³/mol. The van der Waals surface area contributed by atoms with Gasteiger partial charge in [-0.3, -0.25) is 0 Å². The molecule has 164 valence electrons. The maximum atomic E-state index is 10.5. The summed E-state index contributed by atoms with van der Waals surface area (Å²) >= 11 is 0. The van der Waals surface area contributed by atoms with Gasteiger partial charge in [0, 0.05) is 13.0 Å². The number of phosphoric acid groups is 1. The van der Waals surface area contributed by atoms with Crippen LogP contribution in [-0.4, -0.2) is 12.9 Å². The molecule has 0 rings (SSSR count). The summed E-state index contributed by atoms with van der Waals surface area (Å²) in [6.07, 6.45) is 18.0. The number of unbranched alkanes of at least 4 members (excludes halogenated alkanes) is 13. The summed E-state index contributed by atoms with van der Waals surface area (Å²) in [5.41, 5.74) is 0. The molecule has 0 bridgehead atoms. The van der Waals surface area contributed by atoms with Gasteiger partial charge in [-0.05, 0) is 12.8 Å². The average molecular weight is 454 g/mol. The summed E-state index contributed by atoms with van der Waals surface area (Å²) in [6, 6.07) is 0. The van der Waals surface area contributed by atoms with Crippen LogP contribution in [0.15, 0.2) is 0 Å². The van der Waals surface area contributed by atoms with E-state index in [1.54, 1.807) is 0 Å². The van der Waals surface area contributed by atoms with Crippen molar-refractivity contribution in [2.24, 2.45) is 0 Å². The maximum absolute atomic E-state index is 10.5. The molecule has 0 amide bonds. The minimum absolute atomic E-state index is 0. The van der Waals surface area contributed by atoms with Crippen molar-refractivity contribution in [3.05, 3.63) is 0 Å². The molecule has 29 heavy (non-hydrogen) atoms. The summed E-state index contributed by atoms with van der Waals surface area (Å²) in [5, 5.41) is 0.